The summed E-state index contributed by atoms with van der Waals surface area (Å²) in [6.07, 6.45) is 2.87. The van der Waals surface area contributed by atoms with Gasteiger partial charge in [-0.15, -0.1) is 6.58 Å². The summed E-state index contributed by atoms with van der Waals surface area (Å²) in [5.41, 5.74) is 1.31. The van der Waals surface area contributed by atoms with Gasteiger partial charge in [0, 0.05) is 33.7 Å². The maximum Gasteiger partial charge on any atom is 0.242 e. The molecule has 0 atom stereocenters. The molecule has 0 spiro atoms. The van der Waals surface area contributed by atoms with Crippen LogP contribution in [0, 0.1) is 0 Å². The SMILES string of the molecule is C=CCN(CCOc1ccc(S(=O)(=O)N(C)C)cc1)CCc1ccccc1. The molecule has 5 nitrogen and oxygen atoms in total. The van der Waals surface area contributed by atoms with Crippen molar-refractivity contribution in [2.75, 3.05) is 40.3 Å². The molecule has 0 heterocycles. The molecule has 0 N–H and O–H groups in total. The highest BCUT2D eigenvalue weighted by atomic mass is 32.2. The van der Waals surface area contributed by atoms with E-state index < -0.39 is 10.0 Å². The molecular weight excluding hydrogens is 360 g/mol. The van der Waals surface area contributed by atoms with Crippen LogP contribution in [0.15, 0.2) is 72.1 Å². The number of rotatable bonds is 11. The molecule has 0 fully saturated rings. The Bertz CT molecular complexity index is 803. The van der Waals surface area contributed by atoms with Crippen LogP contribution in [-0.4, -0.2) is 58.0 Å². The number of hydrogen-bond donors (Lipinski definition) is 0. The summed E-state index contributed by atoms with van der Waals surface area (Å²) in [6, 6.07) is 16.9. The van der Waals surface area contributed by atoms with Crippen molar-refractivity contribution in [3.05, 3.63) is 72.8 Å². The molecule has 0 unspecified atom stereocenters. The highest BCUT2D eigenvalue weighted by Gasteiger charge is 2.16. The van der Waals surface area contributed by atoms with Crippen LogP contribution in [0.3, 0.4) is 0 Å². The molecule has 0 amide bonds. The molecule has 6 heteroatoms. The molecule has 0 bridgehead atoms. The molecule has 27 heavy (non-hydrogen) atoms. The summed E-state index contributed by atoms with van der Waals surface area (Å²) in [4.78, 5) is 2.54. The molecule has 2 rings (SSSR count). The second-order valence-electron chi connectivity index (χ2n) is 6.43. The van der Waals surface area contributed by atoms with Crippen molar-refractivity contribution in [3.8, 4) is 5.75 Å². The van der Waals surface area contributed by atoms with Crippen molar-refractivity contribution in [3.63, 3.8) is 0 Å². The molecule has 0 aliphatic rings. The van der Waals surface area contributed by atoms with E-state index in [1.165, 1.54) is 24.0 Å². The first-order chi connectivity index (χ1) is 12.9. The fourth-order valence-corrected chi connectivity index (χ4v) is 3.52. The third-order valence-corrected chi connectivity index (χ3v) is 6.05. The second-order valence-corrected chi connectivity index (χ2v) is 8.58. The van der Waals surface area contributed by atoms with Crippen LogP contribution < -0.4 is 4.74 Å². The van der Waals surface area contributed by atoms with Gasteiger partial charge in [0.05, 0.1) is 4.90 Å². The molecule has 0 aromatic heterocycles. The summed E-state index contributed by atoms with van der Waals surface area (Å²) in [5, 5.41) is 0. The molecule has 0 saturated carbocycles. The van der Waals surface area contributed by atoms with Crippen molar-refractivity contribution in [2.24, 2.45) is 0 Å². The van der Waals surface area contributed by atoms with E-state index in [4.69, 9.17) is 4.74 Å². The number of hydrogen-bond acceptors (Lipinski definition) is 4. The minimum absolute atomic E-state index is 0.260. The molecule has 2 aromatic carbocycles. The number of nitrogens with zero attached hydrogens (tertiary/aromatic N) is 2. The van der Waals surface area contributed by atoms with Gasteiger partial charge in [0.2, 0.25) is 10.0 Å². The molecular formula is C21H28N2O3S. The van der Waals surface area contributed by atoms with E-state index in [1.807, 2.05) is 12.1 Å². The zero-order valence-corrected chi connectivity index (χ0v) is 16.9. The normalized spacial score (nSPS) is 11.7. The molecule has 146 valence electrons. The third kappa shape index (κ3) is 6.50. The van der Waals surface area contributed by atoms with Crippen LogP contribution in [-0.2, 0) is 16.4 Å². The zero-order valence-electron chi connectivity index (χ0n) is 16.0. The average molecular weight is 389 g/mol. The van der Waals surface area contributed by atoms with Gasteiger partial charge in [0.15, 0.2) is 0 Å². The average Bonchev–Trinajstić information content (AvgIpc) is 2.67. The minimum atomic E-state index is -3.41. The van der Waals surface area contributed by atoms with Gasteiger partial charge in [-0.25, -0.2) is 12.7 Å². The molecule has 0 saturated heterocycles. The Hall–Kier alpha value is -2.15. The van der Waals surface area contributed by atoms with Gasteiger partial charge < -0.3 is 4.74 Å². The van der Waals surface area contributed by atoms with Crippen molar-refractivity contribution < 1.29 is 13.2 Å². The van der Waals surface area contributed by atoms with E-state index in [2.05, 4.69) is 35.7 Å². The lowest BCUT2D eigenvalue weighted by atomic mass is 10.1. The van der Waals surface area contributed by atoms with Crippen LogP contribution in [0.4, 0.5) is 0 Å². The Kier molecular flexibility index (Phi) is 8.03. The Balaban J connectivity index is 1.84. The number of sulfonamides is 1. The maximum atomic E-state index is 12.1. The van der Waals surface area contributed by atoms with Crippen LogP contribution in [0.2, 0.25) is 0 Å². The van der Waals surface area contributed by atoms with Gasteiger partial charge >= 0.3 is 0 Å². The first-order valence-electron chi connectivity index (χ1n) is 8.96. The predicted octanol–water partition coefficient (Wildman–Crippen LogP) is 3.05. The topological polar surface area (TPSA) is 49.9 Å². The summed E-state index contributed by atoms with van der Waals surface area (Å²) in [6.45, 7) is 6.86. The highest BCUT2D eigenvalue weighted by Crippen LogP contribution is 2.18. The predicted molar refractivity (Wildman–Crippen MR) is 110 cm³/mol. The fourth-order valence-electron chi connectivity index (χ4n) is 2.62. The minimum Gasteiger partial charge on any atom is -0.492 e. The summed E-state index contributed by atoms with van der Waals surface area (Å²) in [7, 11) is -0.376. The van der Waals surface area contributed by atoms with Crippen molar-refractivity contribution in [1.29, 1.82) is 0 Å². The summed E-state index contributed by atoms with van der Waals surface area (Å²) >= 11 is 0. The first kappa shape index (κ1) is 21.2. The lowest BCUT2D eigenvalue weighted by molar-refractivity contribution is 0.224. The van der Waals surface area contributed by atoms with E-state index in [9.17, 15) is 8.42 Å². The zero-order chi connectivity index (χ0) is 19.7. The number of benzene rings is 2. The first-order valence-corrected chi connectivity index (χ1v) is 10.4. The van der Waals surface area contributed by atoms with Crippen molar-refractivity contribution >= 4 is 10.0 Å². The smallest absolute Gasteiger partial charge is 0.242 e. The Morgan fingerprint density at radius 3 is 2.26 bits per heavy atom. The number of ether oxygens (including phenoxy) is 1. The molecule has 0 aliphatic carbocycles. The van der Waals surface area contributed by atoms with Crippen molar-refractivity contribution in [2.45, 2.75) is 11.3 Å². The molecule has 0 aliphatic heterocycles. The van der Waals surface area contributed by atoms with E-state index in [-0.39, 0.29) is 4.90 Å². The van der Waals surface area contributed by atoms with Gasteiger partial charge in [-0.1, -0.05) is 36.4 Å². The molecule has 2 aromatic rings. The second kappa shape index (κ2) is 10.3. The van der Waals surface area contributed by atoms with E-state index in [1.54, 1.807) is 24.3 Å². The van der Waals surface area contributed by atoms with Crippen LogP contribution in [0.5, 0.6) is 5.75 Å². The Morgan fingerprint density at radius 1 is 1.00 bits per heavy atom. The Morgan fingerprint density at radius 2 is 1.67 bits per heavy atom. The lowest BCUT2D eigenvalue weighted by Gasteiger charge is -2.21. The van der Waals surface area contributed by atoms with Gasteiger partial charge in [0.25, 0.3) is 0 Å². The summed E-state index contributed by atoms with van der Waals surface area (Å²) < 4.78 is 31.1. The van der Waals surface area contributed by atoms with E-state index >= 15 is 0 Å². The molecule has 0 radical (unpaired) electrons. The van der Waals surface area contributed by atoms with E-state index in [0.717, 1.165) is 26.1 Å². The van der Waals surface area contributed by atoms with Gasteiger partial charge in [-0.05, 0) is 36.2 Å². The van der Waals surface area contributed by atoms with Crippen LogP contribution >= 0.6 is 0 Å². The Labute approximate surface area is 162 Å². The fraction of sp³-hybridized carbons (Fsp3) is 0.333. The van der Waals surface area contributed by atoms with Gasteiger partial charge in [-0.3, -0.25) is 4.90 Å². The standard InChI is InChI=1S/C21H28N2O3S/c1-4-15-23(16-14-19-8-6-5-7-9-19)17-18-26-20-10-12-21(13-11-20)27(24,25)22(2)3/h4-13H,1,14-18H2,2-3H3. The largest absolute Gasteiger partial charge is 0.492 e. The lowest BCUT2D eigenvalue weighted by Crippen LogP contribution is -2.30. The summed E-state index contributed by atoms with van der Waals surface area (Å²) in [5.74, 6) is 0.661. The monoisotopic (exact) mass is 388 g/mol. The maximum absolute atomic E-state index is 12.1. The van der Waals surface area contributed by atoms with Crippen LogP contribution in [0.1, 0.15) is 5.56 Å². The highest BCUT2D eigenvalue weighted by molar-refractivity contribution is 7.89. The van der Waals surface area contributed by atoms with E-state index in [0.29, 0.717) is 12.4 Å². The van der Waals surface area contributed by atoms with Crippen LogP contribution in [0.25, 0.3) is 0 Å². The third-order valence-electron chi connectivity index (χ3n) is 4.23. The quantitative estimate of drug-likeness (QED) is 0.555. The van der Waals surface area contributed by atoms with Gasteiger partial charge in [0.1, 0.15) is 12.4 Å². The van der Waals surface area contributed by atoms with Gasteiger partial charge in [-0.2, -0.15) is 0 Å². The van der Waals surface area contributed by atoms with Crippen molar-refractivity contribution in [1.82, 2.24) is 9.21 Å².